The maximum Gasteiger partial charge on any atom is 0.329 e. The molecule has 0 heterocycles. The number of halogens is 1. The zero-order valence-electron chi connectivity index (χ0n) is 10.6. The van der Waals surface area contributed by atoms with Crippen LogP contribution in [0, 0.1) is 0 Å². The fraction of sp³-hybridized carbons (Fsp3) is 0.385. The number of hydrogen-bond acceptors (Lipinski definition) is 3. The molecule has 0 aliphatic heterocycles. The molecule has 1 aromatic rings. The Morgan fingerprint density at radius 3 is 2.58 bits per heavy atom. The maximum absolute atomic E-state index is 11.8. The van der Waals surface area contributed by atoms with Crippen LogP contribution in [0.3, 0.4) is 0 Å². The van der Waals surface area contributed by atoms with Crippen molar-refractivity contribution in [3.63, 3.8) is 0 Å². The number of aliphatic carboxylic acids is 1. The number of carboxylic acids is 1. The molecule has 0 saturated carbocycles. The molecule has 1 N–H and O–H groups in total. The van der Waals surface area contributed by atoms with Crippen LogP contribution in [0.25, 0.3) is 0 Å². The number of carbonyl (C=O) groups excluding carboxylic acids is 1. The first-order valence-corrected chi connectivity index (χ1v) is 6.23. The van der Waals surface area contributed by atoms with Gasteiger partial charge in [0.25, 0.3) is 0 Å². The molecule has 19 heavy (non-hydrogen) atoms. The number of rotatable bonds is 7. The highest BCUT2D eigenvalue weighted by Crippen LogP contribution is 2.16. The summed E-state index contributed by atoms with van der Waals surface area (Å²) in [4.78, 5) is 23.7. The van der Waals surface area contributed by atoms with Crippen molar-refractivity contribution in [2.24, 2.45) is 0 Å². The molecule has 0 aliphatic carbocycles. The molecule has 1 amide bonds. The molecular formula is C13H16ClNO4. The van der Waals surface area contributed by atoms with Crippen molar-refractivity contribution in [3.8, 4) is 0 Å². The van der Waals surface area contributed by atoms with E-state index in [0.29, 0.717) is 18.1 Å². The fourth-order valence-electron chi connectivity index (χ4n) is 1.53. The minimum absolute atomic E-state index is 0.245. The van der Waals surface area contributed by atoms with E-state index in [4.69, 9.17) is 21.4 Å². The summed E-state index contributed by atoms with van der Waals surface area (Å²) in [5.74, 6) is -1.36. The van der Waals surface area contributed by atoms with E-state index in [9.17, 15) is 9.59 Å². The first-order valence-electron chi connectivity index (χ1n) is 5.85. The molecule has 5 nitrogen and oxygen atoms in total. The normalized spacial score (nSPS) is 10.2. The van der Waals surface area contributed by atoms with Crippen LogP contribution in [0.1, 0.15) is 12.5 Å². The highest BCUT2D eigenvalue weighted by atomic mass is 35.5. The van der Waals surface area contributed by atoms with Gasteiger partial charge in [-0.1, -0.05) is 29.8 Å². The Hall–Kier alpha value is -1.59. The number of carbonyl (C=O) groups is 2. The summed E-state index contributed by atoms with van der Waals surface area (Å²) in [6.45, 7) is 2.00. The van der Waals surface area contributed by atoms with Crippen molar-refractivity contribution in [1.82, 2.24) is 4.90 Å². The summed E-state index contributed by atoms with van der Waals surface area (Å²) in [5.41, 5.74) is 0.845. The van der Waals surface area contributed by atoms with Crippen LogP contribution in [0.15, 0.2) is 24.3 Å². The average molecular weight is 286 g/mol. The van der Waals surface area contributed by atoms with Gasteiger partial charge in [0.15, 0.2) is 0 Å². The molecule has 0 radical (unpaired) electrons. The second kappa shape index (κ2) is 7.76. The second-order valence-electron chi connectivity index (χ2n) is 3.89. The molecule has 0 fully saturated rings. The van der Waals surface area contributed by atoms with Gasteiger partial charge in [-0.15, -0.1) is 0 Å². The van der Waals surface area contributed by atoms with E-state index in [1.807, 2.05) is 25.1 Å². The molecule has 104 valence electrons. The highest BCUT2D eigenvalue weighted by molar-refractivity contribution is 6.31. The number of hydrogen-bond donors (Lipinski definition) is 1. The van der Waals surface area contributed by atoms with Crippen LogP contribution >= 0.6 is 11.6 Å². The lowest BCUT2D eigenvalue weighted by molar-refractivity contribution is -0.146. The Morgan fingerprint density at radius 1 is 1.32 bits per heavy atom. The third-order valence-corrected chi connectivity index (χ3v) is 2.87. The van der Waals surface area contributed by atoms with E-state index >= 15 is 0 Å². The summed E-state index contributed by atoms with van der Waals surface area (Å²) < 4.78 is 4.78. The summed E-state index contributed by atoms with van der Waals surface area (Å²) in [6, 6.07) is 7.27. The maximum atomic E-state index is 11.8. The molecule has 0 unspecified atom stereocenters. The van der Waals surface area contributed by atoms with Crippen LogP contribution in [-0.2, 0) is 20.9 Å². The van der Waals surface area contributed by atoms with Gasteiger partial charge in [-0.05, 0) is 18.6 Å². The third-order valence-electron chi connectivity index (χ3n) is 2.50. The topological polar surface area (TPSA) is 66.8 Å². The van der Waals surface area contributed by atoms with Gasteiger partial charge in [0.2, 0.25) is 5.91 Å². The van der Waals surface area contributed by atoms with Crippen LogP contribution in [-0.4, -0.2) is 41.6 Å². The first-order chi connectivity index (χ1) is 9.04. The number of benzene rings is 1. The zero-order valence-corrected chi connectivity index (χ0v) is 11.4. The monoisotopic (exact) mass is 285 g/mol. The molecule has 0 saturated heterocycles. The summed E-state index contributed by atoms with van der Waals surface area (Å²) >= 11 is 6.03. The van der Waals surface area contributed by atoms with Crippen molar-refractivity contribution in [2.75, 3.05) is 19.8 Å². The van der Waals surface area contributed by atoms with E-state index in [1.165, 1.54) is 0 Å². The third kappa shape index (κ3) is 5.28. The van der Waals surface area contributed by atoms with Gasteiger partial charge < -0.3 is 14.7 Å². The van der Waals surface area contributed by atoms with Crippen molar-refractivity contribution in [1.29, 1.82) is 0 Å². The van der Waals surface area contributed by atoms with E-state index in [2.05, 4.69) is 0 Å². The lowest BCUT2D eigenvalue weighted by atomic mass is 10.2. The highest BCUT2D eigenvalue weighted by Gasteiger charge is 2.14. The molecule has 0 aliphatic rings. The van der Waals surface area contributed by atoms with Gasteiger partial charge in [0.1, 0.15) is 13.2 Å². The Kier molecular flexibility index (Phi) is 6.32. The van der Waals surface area contributed by atoms with Crippen LogP contribution in [0.2, 0.25) is 5.02 Å². The molecule has 0 spiro atoms. The van der Waals surface area contributed by atoms with E-state index in [1.54, 1.807) is 11.0 Å². The lowest BCUT2D eigenvalue weighted by Gasteiger charge is -2.21. The zero-order chi connectivity index (χ0) is 14.3. The number of amides is 1. The number of carboxylic acid groups (broad SMARTS) is 1. The van der Waals surface area contributed by atoms with Gasteiger partial charge in [-0.2, -0.15) is 0 Å². The van der Waals surface area contributed by atoms with Gasteiger partial charge >= 0.3 is 5.97 Å². The Labute approximate surface area is 116 Å². The van der Waals surface area contributed by atoms with Gasteiger partial charge in [0, 0.05) is 18.1 Å². The lowest BCUT2D eigenvalue weighted by Crippen LogP contribution is -2.34. The average Bonchev–Trinajstić information content (AvgIpc) is 2.37. The number of likely N-dealkylation sites (N-methyl/N-ethyl adjacent to an activating group) is 1. The van der Waals surface area contributed by atoms with Crippen LogP contribution < -0.4 is 0 Å². The van der Waals surface area contributed by atoms with E-state index < -0.39 is 12.6 Å². The van der Waals surface area contributed by atoms with E-state index in [0.717, 1.165) is 5.56 Å². The van der Waals surface area contributed by atoms with Crippen molar-refractivity contribution < 1.29 is 19.4 Å². The standard InChI is InChI=1S/C13H16ClNO4/c1-2-15(12(16)8-19-9-13(17)18)7-10-5-3-4-6-11(10)14/h3-6H,2,7-9H2,1H3,(H,17,18). The SMILES string of the molecule is CCN(Cc1ccccc1Cl)C(=O)COCC(=O)O. The Balaban J connectivity index is 2.55. The molecule has 0 atom stereocenters. The van der Waals surface area contributed by atoms with E-state index in [-0.39, 0.29) is 12.5 Å². The van der Waals surface area contributed by atoms with Gasteiger partial charge in [-0.3, -0.25) is 4.79 Å². The quantitative estimate of drug-likeness (QED) is 0.829. The Bertz CT molecular complexity index is 450. The number of ether oxygens (including phenoxy) is 1. The fourth-order valence-corrected chi connectivity index (χ4v) is 1.72. The van der Waals surface area contributed by atoms with Crippen molar-refractivity contribution in [2.45, 2.75) is 13.5 Å². The van der Waals surface area contributed by atoms with Gasteiger partial charge in [0.05, 0.1) is 0 Å². The summed E-state index contributed by atoms with van der Waals surface area (Å²) in [5, 5.41) is 9.02. The summed E-state index contributed by atoms with van der Waals surface area (Å²) in [6.07, 6.45) is 0. The molecule has 0 aromatic heterocycles. The van der Waals surface area contributed by atoms with Gasteiger partial charge in [-0.25, -0.2) is 4.79 Å². The van der Waals surface area contributed by atoms with Crippen molar-refractivity contribution in [3.05, 3.63) is 34.9 Å². The summed E-state index contributed by atoms with van der Waals surface area (Å²) in [7, 11) is 0. The predicted molar refractivity (Wildman–Crippen MR) is 71.0 cm³/mol. The van der Waals surface area contributed by atoms with Crippen molar-refractivity contribution >= 4 is 23.5 Å². The molecule has 0 bridgehead atoms. The Morgan fingerprint density at radius 2 is 2.00 bits per heavy atom. The first kappa shape index (κ1) is 15.5. The largest absolute Gasteiger partial charge is 0.480 e. The molecule has 6 heteroatoms. The van der Waals surface area contributed by atoms with Crippen LogP contribution in [0.4, 0.5) is 0 Å². The molecule has 1 rings (SSSR count). The second-order valence-corrected chi connectivity index (χ2v) is 4.29. The molecule has 1 aromatic carbocycles. The number of nitrogens with zero attached hydrogens (tertiary/aromatic N) is 1. The molecular weight excluding hydrogens is 270 g/mol. The smallest absolute Gasteiger partial charge is 0.329 e. The van der Waals surface area contributed by atoms with Crippen LogP contribution in [0.5, 0.6) is 0 Å². The minimum Gasteiger partial charge on any atom is -0.480 e. The predicted octanol–water partition coefficient (Wildman–Crippen LogP) is 1.79. The minimum atomic E-state index is -1.10.